The number of fused-ring (bicyclic) bond motifs is 1. The standard InChI is InChI=1S/C14H18FN3O5/c1-6(20)16-11(13(23)12(22)10(21)5-19)14-17-8-3-2-7(15)4-9(8)18-14/h2-4,10-13,19,21-23H,5H2,1H3,(H,16,20)(H,17,18)/t10-,11+,12+,13-/m1/s1. The summed E-state index contributed by atoms with van der Waals surface area (Å²) in [6.07, 6.45) is -4.96. The molecule has 1 amide bonds. The molecule has 0 aliphatic heterocycles. The van der Waals surface area contributed by atoms with Crippen LogP contribution in [0.2, 0.25) is 0 Å². The molecule has 2 rings (SSSR count). The average Bonchev–Trinajstić information content (AvgIpc) is 2.92. The third-order valence-corrected chi connectivity index (χ3v) is 3.39. The molecule has 0 fully saturated rings. The summed E-state index contributed by atoms with van der Waals surface area (Å²) in [6, 6.07) is 2.65. The molecule has 1 aromatic carbocycles. The van der Waals surface area contributed by atoms with Crippen molar-refractivity contribution >= 4 is 16.9 Å². The van der Waals surface area contributed by atoms with Crippen molar-refractivity contribution in [1.29, 1.82) is 0 Å². The van der Waals surface area contributed by atoms with Crippen molar-refractivity contribution in [3.05, 3.63) is 29.8 Å². The number of nitrogens with one attached hydrogen (secondary N) is 2. The minimum atomic E-state index is -1.72. The highest BCUT2D eigenvalue weighted by Gasteiger charge is 2.34. The van der Waals surface area contributed by atoms with Gasteiger partial charge in [-0.3, -0.25) is 4.79 Å². The van der Waals surface area contributed by atoms with Gasteiger partial charge in [0.05, 0.1) is 17.6 Å². The minimum absolute atomic E-state index is 0.0810. The summed E-state index contributed by atoms with van der Waals surface area (Å²) >= 11 is 0. The molecule has 23 heavy (non-hydrogen) atoms. The van der Waals surface area contributed by atoms with Crippen LogP contribution in [-0.2, 0) is 4.79 Å². The zero-order valence-corrected chi connectivity index (χ0v) is 12.3. The topological polar surface area (TPSA) is 139 Å². The zero-order valence-electron chi connectivity index (χ0n) is 12.3. The maximum Gasteiger partial charge on any atom is 0.217 e. The average molecular weight is 327 g/mol. The summed E-state index contributed by atoms with van der Waals surface area (Å²) in [5.74, 6) is -0.924. The normalized spacial score (nSPS) is 16.8. The number of rotatable bonds is 6. The Morgan fingerprint density at radius 1 is 1.35 bits per heavy atom. The van der Waals surface area contributed by atoms with Gasteiger partial charge in [-0.2, -0.15) is 0 Å². The Bertz CT molecular complexity index is 692. The SMILES string of the molecule is CC(=O)N[C@H](c1nc2cc(F)ccc2[nH]1)[C@@H](O)[C@@H](O)[C@H](O)CO. The van der Waals surface area contributed by atoms with Gasteiger partial charge < -0.3 is 30.7 Å². The Labute approximate surface area is 130 Å². The minimum Gasteiger partial charge on any atom is -0.394 e. The van der Waals surface area contributed by atoms with Crippen molar-refractivity contribution in [3.63, 3.8) is 0 Å². The van der Waals surface area contributed by atoms with Crippen LogP contribution in [0.4, 0.5) is 4.39 Å². The van der Waals surface area contributed by atoms with Crippen LogP contribution in [0.25, 0.3) is 11.0 Å². The van der Waals surface area contributed by atoms with Crippen molar-refractivity contribution in [2.24, 2.45) is 0 Å². The first-order valence-electron chi connectivity index (χ1n) is 6.90. The Balaban J connectivity index is 2.37. The van der Waals surface area contributed by atoms with Gasteiger partial charge in [-0.05, 0) is 12.1 Å². The van der Waals surface area contributed by atoms with Crippen LogP contribution in [0.15, 0.2) is 18.2 Å². The highest BCUT2D eigenvalue weighted by Crippen LogP contribution is 2.22. The van der Waals surface area contributed by atoms with Gasteiger partial charge in [-0.15, -0.1) is 0 Å². The number of hydrogen-bond donors (Lipinski definition) is 6. The zero-order chi connectivity index (χ0) is 17.1. The number of carbonyl (C=O) groups excluding carboxylic acids is 1. The van der Waals surface area contributed by atoms with E-state index in [-0.39, 0.29) is 11.3 Å². The van der Waals surface area contributed by atoms with E-state index in [0.29, 0.717) is 5.52 Å². The van der Waals surface area contributed by atoms with Crippen LogP contribution in [0.5, 0.6) is 0 Å². The predicted octanol–water partition coefficient (Wildman–Crippen LogP) is -1.05. The van der Waals surface area contributed by atoms with Crippen molar-refractivity contribution < 1.29 is 29.6 Å². The number of halogens is 1. The first-order valence-corrected chi connectivity index (χ1v) is 6.90. The van der Waals surface area contributed by atoms with Crippen molar-refractivity contribution in [2.45, 2.75) is 31.3 Å². The first kappa shape index (κ1) is 17.3. The largest absolute Gasteiger partial charge is 0.394 e. The second kappa shape index (κ2) is 7.01. The van der Waals surface area contributed by atoms with E-state index in [1.54, 1.807) is 0 Å². The molecule has 6 N–H and O–H groups in total. The summed E-state index contributed by atoms with van der Waals surface area (Å²) in [7, 11) is 0. The number of hydrogen-bond acceptors (Lipinski definition) is 6. The molecule has 0 aliphatic carbocycles. The summed E-state index contributed by atoms with van der Waals surface area (Å²) in [5.41, 5.74) is 0.751. The third kappa shape index (κ3) is 3.82. The number of aromatic amines is 1. The predicted molar refractivity (Wildman–Crippen MR) is 77.7 cm³/mol. The van der Waals surface area contributed by atoms with Gasteiger partial charge >= 0.3 is 0 Å². The van der Waals surface area contributed by atoms with Crippen LogP contribution < -0.4 is 5.32 Å². The summed E-state index contributed by atoms with van der Waals surface area (Å²) in [5, 5.41) is 40.7. The van der Waals surface area contributed by atoms with Crippen molar-refractivity contribution in [2.75, 3.05) is 6.61 Å². The molecule has 0 bridgehead atoms. The quantitative estimate of drug-likeness (QED) is 0.400. The molecule has 0 radical (unpaired) electrons. The molecule has 0 saturated heterocycles. The number of imidazole rings is 1. The number of aliphatic hydroxyl groups is 4. The molecule has 1 heterocycles. The van der Waals surface area contributed by atoms with Crippen LogP contribution in [0.1, 0.15) is 18.8 Å². The lowest BCUT2D eigenvalue weighted by Gasteiger charge is -2.28. The molecular weight excluding hydrogens is 309 g/mol. The van der Waals surface area contributed by atoms with E-state index in [4.69, 9.17) is 5.11 Å². The van der Waals surface area contributed by atoms with Gasteiger partial charge in [0.15, 0.2) is 0 Å². The van der Waals surface area contributed by atoms with Gasteiger partial charge in [0.25, 0.3) is 0 Å². The van der Waals surface area contributed by atoms with E-state index in [1.807, 2.05) is 0 Å². The van der Waals surface area contributed by atoms with Crippen LogP contribution in [0, 0.1) is 5.82 Å². The molecule has 0 saturated carbocycles. The van der Waals surface area contributed by atoms with Gasteiger partial charge in [0.2, 0.25) is 5.91 Å². The molecular formula is C14H18FN3O5. The number of amides is 1. The monoisotopic (exact) mass is 327 g/mol. The number of aliphatic hydroxyl groups excluding tert-OH is 4. The number of carbonyl (C=O) groups is 1. The van der Waals surface area contributed by atoms with E-state index in [1.165, 1.54) is 25.1 Å². The van der Waals surface area contributed by atoms with Gasteiger partial charge in [-0.1, -0.05) is 0 Å². The molecule has 0 unspecified atom stereocenters. The lowest BCUT2D eigenvalue weighted by atomic mass is 10.0. The highest BCUT2D eigenvalue weighted by atomic mass is 19.1. The van der Waals surface area contributed by atoms with Gasteiger partial charge in [-0.25, -0.2) is 9.37 Å². The first-order chi connectivity index (χ1) is 10.8. The lowest BCUT2D eigenvalue weighted by molar-refractivity contribution is -0.123. The second-order valence-corrected chi connectivity index (χ2v) is 5.19. The number of nitrogens with zero attached hydrogens (tertiary/aromatic N) is 1. The molecule has 1 aromatic heterocycles. The van der Waals surface area contributed by atoms with E-state index < -0.39 is 42.7 Å². The Hall–Kier alpha value is -2.07. The summed E-state index contributed by atoms with van der Waals surface area (Å²) in [6.45, 7) is 0.438. The van der Waals surface area contributed by atoms with Crippen molar-refractivity contribution in [1.82, 2.24) is 15.3 Å². The fraction of sp³-hybridized carbons (Fsp3) is 0.429. The lowest BCUT2D eigenvalue weighted by Crippen LogP contribution is -2.47. The van der Waals surface area contributed by atoms with Crippen molar-refractivity contribution in [3.8, 4) is 0 Å². The molecule has 0 spiro atoms. The molecule has 0 aliphatic rings. The highest BCUT2D eigenvalue weighted by molar-refractivity contribution is 5.76. The molecule has 2 aromatic rings. The van der Waals surface area contributed by atoms with Gasteiger partial charge in [0.1, 0.15) is 36.0 Å². The number of aromatic nitrogens is 2. The van der Waals surface area contributed by atoms with Crippen LogP contribution in [-0.4, -0.2) is 61.2 Å². The van der Waals surface area contributed by atoms with E-state index >= 15 is 0 Å². The van der Waals surface area contributed by atoms with E-state index in [9.17, 15) is 24.5 Å². The van der Waals surface area contributed by atoms with E-state index in [0.717, 1.165) is 0 Å². The molecule has 4 atom stereocenters. The fourth-order valence-electron chi connectivity index (χ4n) is 2.21. The van der Waals surface area contributed by atoms with E-state index in [2.05, 4.69) is 15.3 Å². The smallest absolute Gasteiger partial charge is 0.217 e. The second-order valence-electron chi connectivity index (χ2n) is 5.19. The van der Waals surface area contributed by atoms with Crippen LogP contribution >= 0.6 is 0 Å². The summed E-state index contributed by atoms with van der Waals surface area (Å²) in [4.78, 5) is 18.2. The summed E-state index contributed by atoms with van der Waals surface area (Å²) < 4.78 is 13.2. The third-order valence-electron chi connectivity index (χ3n) is 3.39. The molecule has 9 heteroatoms. The van der Waals surface area contributed by atoms with Gasteiger partial charge in [0, 0.05) is 13.0 Å². The fourth-order valence-corrected chi connectivity index (χ4v) is 2.21. The maximum atomic E-state index is 13.2. The Kier molecular flexibility index (Phi) is 5.26. The Morgan fingerprint density at radius 3 is 2.65 bits per heavy atom. The Morgan fingerprint density at radius 2 is 2.04 bits per heavy atom. The number of H-pyrrole nitrogens is 1. The number of benzene rings is 1. The molecule has 8 nitrogen and oxygen atoms in total. The molecule has 126 valence electrons. The van der Waals surface area contributed by atoms with Crippen LogP contribution in [0.3, 0.4) is 0 Å². The maximum absolute atomic E-state index is 13.2.